The lowest BCUT2D eigenvalue weighted by atomic mass is 9.97. The van der Waals surface area contributed by atoms with Gasteiger partial charge in [0, 0.05) is 6.54 Å². The number of carbonyl (C=O) groups excluding carboxylic acids is 3. The number of amides is 2. The summed E-state index contributed by atoms with van der Waals surface area (Å²) in [7, 11) is 0. The summed E-state index contributed by atoms with van der Waals surface area (Å²) in [5, 5.41) is 5.34. The van der Waals surface area contributed by atoms with Crippen LogP contribution in [-0.2, 0) is 14.3 Å². The fourth-order valence-corrected chi connectivity index (χ4v) is 2.89. The maximum absolute atomic E-state index is 12.3. The molecule has 27 heavy (non-hydrogen) atoms. The van der Waals surface area contributed by atoms with E-state index in [4.69, 9.17) is 9.15 Å². The van der Waals surface area contributed by atoms with Crippen molar-refractivity contribution in [3.8, 4) is 0 Å². The maximum atomic E-state index is 12.3. The van der Waals surface area contributed by atoms with Crippen molar-refractivity contribution in [2.75, 3.05) is 13.2 Å². The zero-order valence-corrected chi connectivity index (χ0v) is 16.0. The van der Waals surface area contributed by atoms with Crippen LogP contribution in [-0.4, -0.2) is 37.0 Å². The fraction of sp³-hybridized carbons (Fsp3) is 0.550. The summed E-state index contributed by atoms with van der Waals surface area (Å²) in [5.41, 5.74) is 1.37. The minimum atomic E-state index is -0.859. The third kappa shape index (κ3) is 6.92. The molecule has 0 aromatic carbocycles. The molecule has 0 saturated heterocycles. The van der Waals surface area contributed by atoms with Crippen LogP contribution in [0.5, 0.6) is 0 Å². The number of rotatable bonds is 9. The van der Waals surface area contributed by atoms with Crippen LogP contribution in [0.1, 0.15) is 56.5 Å². The van der Waals surface area contributed by atoms with Crippen LogP contribution in [0.4, 0.5) is 0 Å². The van der Waals surface area contributed by atoms with Crippen molar-refractivity contribution in [2.24, 2.45) is 5.92 Å². The lowest BCUT2D eigenvalue weighted by Crippen LogP contribution is -2.46. The van der Waals surface area contributed by atoms with E-state index in [9.17, 15) is 14.4 Å². The predicted molar refractivity (Wildman–Crippen MR) is 99.9 cm³/mol. The molecule has 1 aliphatic carbocycles. The molecule has 2 rings (SSSR count). The molecule has 148 valence electrons. The molecule has 0 bridgehead atoms. The minimum Gasteiger partial charge on any atom is -0.459 e. The topological polar surface area (TPSA) is 97.6 Å². The number of ether oxygens (including phenoxy) is 1. The van der Waals surface area contributed by atoms with Crippen LogP contribution in [0.15, 0.2) is 34.5 Å². The van der Waals surface area contributed by atoms with E-state index < -0.39 is 17.9 Å². The van der Waals surface area contributed by atoms with E-state index in [0.717, 1.165) is 19.3 Å². The molecule has 2 amide bonds. The number of furan rings is 1. The number of hydrogen-bond acceptors (Lipinski definition) is 5. The first-order chi connectivity index (χ1) is 13.0. The summed E-state index contributed by atoms with van der Waals surface area (Å²) in [6.45, 7) is 3.74. The second-order valence-electron chi connectivity index (χ2n) is 6.99. The number of carbonyl (C=O) groups is 3. The number of allylic oxidation sites excluding steroid dienone is 1. The van der Waals surface area contributed by atoms with Crippen molar-refractivity contribution < 1.29 is 23.5 Å². The van der Waals surface area contributed by atoms with Gasteiger partial charge < -0.3 is 19.8 Å². The molecule has 7 heteroatoms. The molecule has 0 aliphatic heterocycles. The first kappa shape index (κ1) is 20.7. The average Bonchev–Trinajstić information content (AvgIpc) is 3.19. The zero-order valence-electron chi connectivity index (χ0n) is 16.0. The Kier molecular flexibility index (Phi) is 8.10. The first-order valence-electron chi connectivity index (χ1n) is 9.43. The SMILES string of the molecule is CC(C)[C@H](NC(=O)c1ccco1)C(=O)OCC(=O)NCCC1=CCCCC1. The summed E-state index contributed by atoms with van der Waals surface area (Å²) >= 11 is 0. The molecule has 1 aromatic heterocycles. The quantitative estimate of drug-likeness (QED) is 0.510. The average molecular weight is 376 g/mol. The van der Waals surface area contributed by atoms with Crippen molar-refractivity contribution >= 4 is 17.8 Å². The second kappa shape index (κ2) is 10.5. The Morgan fingerprint density at radius 3 is 2.70 bits per heavy atom. The van der Waals surface area contributed by atoms with Gasteiger partial charge in [-0.25, -0.2) is 4.79 Å². The summed E-state index contributed by atoms with van der Waals surface area (Å²) < 4.78 is 10.1. The van der Waals surface area contributed by atoms with Crippen LogP contribution < -0.4 is 10.6 Å². The van der Waals surface area contributed by atoms with Crippen molar-refractivity contribution in [2.45, 2.75) is 52.0 Å². The van der Waals surface area contributed by atoms with E-state index in [2.05, 4.69) is 16.7 Å². The van der Waals surface area contributed by atoms with Gasteiger partial charge in [-0.1, -0.05) is 25.5 Å². The van der Waals surface area contributed by atoms with Crippen molar-refractivity contribution in [3.05, 3.63) is 35.8 Å². The second-order valence-corrected chi connectivity index (χ2v) is 6.99. The highest BCUT2D eigenvalue weighted by atomic mass is 16.5. The third-order valence-corrected chi connectivity index (χ3v) is 4.45. The predicted octanol–water partition coefficient (Wildman–Crippen LogP) is 2.58. The van der Waals surface area contributed by atoms with Crippen LogP contribution in [0.3, 0.4) is 0 Å². The van der Waals surface area contributed by atoms with Gasteiger partial charge in [-0.2, -0.15) is 0 Å². The summed E-state index contributed by atoms with van der Waals surface area (Å²) in [6, 6.07) is 2.24. The highest BCUT2D eigenvalue weighted by Crippen LogP contribution is 2.19. The fourth-order valence-electron chi connectivity index (χ4n) is 2.89. The van der Waals surface area contributed by atoms with E-state index in [1.165, 1.54) is 30.7 Å². The Labute approximate surface area is 159 Å². The van der Waals surface area contributed by atoms with Crippen LogP contribution in [0.2, 0.25) is 0 Å². The number of esters is 1. The Balaban J connectivity index is 1.73. The minimum absolute atomic E-state index is 0.114. The highest BCUT2D eigenvalue weighted by Gasteiger charge is 2.27. The van der Waals surface area contributed by atoms with Gasteiger partial charge in [0.05, 0.1) is 6.26 Å². The van der Waals surface area contributed by atoms with Gasteiger partial charge in [0.25, 0.3) is 11.8 Å². The number of hydrogen-bond donors (Lipinski definition) is 2. The lowest BCUT2D eigenvalue weighted by molar-refractivity contribution is -0.151. The molecule has 0 radical (unpaired) electrons. The third-order valence-electron chi connectivity index (χ3n) is 4.45. The van der Waals surface area contributed by atoms with E-state index >= 15 is 0 Å². The standard InChI is InChI=1S/C20H28N2O5/c1-14(2)18(22-19(24)16-9-6-12-26-16)20(25)27-13-17(23)21-11-10-15-7-4-3-5-8-15/h6-7,9,12,14,18H,3-5,8,10-11,13H2,1-2H3,(H,21,23)(H,22,24)/t18-/m0/s1. The number of nitrogens with one attached hydrogen (secondary N) is 2. The molecule has 2 N–H and O–H groups in total. The molecule has 7 nitrogen and oxygen atoms in total. The lowest BCUT2D eigenvalue weighted by Gasteiger charge is -2.20. The zero-order chi connectivity index (χ0) is 19.6. The molecule has 1 aliphatic rings. The molecule has 1 heterocycles. The van der Waals surface area contributed by atoms with Gasteiger partial charge in [0.1, 0.15) is 6.04 Å². The molecule has 0 saturated carbocycles. The van der Waals surface area contributed by atoms with Crippen molar-refractivity contribution in [1.82, 2.24) is 10.6 Å². The Morgan fingerprint density at radius 1 is 1.26 bits per heavy atom. The summed E-state index contributed by atoms with van der Waals surface area (Å²) in [4.78, 5) is 36.2. The van der Waals surface area contributed by atoms with Gasteiger partial charge >= 0.3 is 5.97 Å². The van der Waals surface area contributed by atoms with Crippen LogP contribution in [0, 0.1) is 5.92 Å². The van der Waals surface area contributed by atoms with Gasteiger partial charge in [0.2, 0.25) is 0 Å². The smallest absolute Gasteiger partial charge is 0.329 e. The van der Waals surface area contributed by atoms with Crippen molar-refractivity contribution in [1.29, 1.82) is 0 Å². The van der Waals surface area contributed by atoms with Gasteiger partial charge in [0.15, 0.2) is 12.4 Å². The molecular formula is C20H28N2O5. The maximum Gasteiger partial charge on any atom is 0.329 e. The van der Waals surface area contributed by atoms with Gasteiger partial charge in [-0.05, 0) is 50.2 Å². The summed E-state index contributed by atoms with van der Waals surface area (Å²) in [5.74, 6) is -1.57. The van der Waals surface area contributed by atoms with Crippen LogP contribution >= 0.6 is 0 Å². The normalized spacial score (nSPS) is 15.0. The van der Waals surface area contributed by atoms with E-state index in [-0.39, 0.29) is 24.2 Å². The molecule has 0 unspecified atom stereocenters. The van der Waals surface area contributed by atoms with E-state index in [1.807, 2.05) is 0 Å². The van der Waals surface area contributed by atoms with E-state index in [1.54, 1.807) is 19.9 Å². The first-order valence-corrected chi connectivity index (χ1v) is 9.43. The van der Waals surface area contributed by atoms with E-state index in [0.29, 0.717) is 6.54 Å². The molecule has 1 atom stereocenters. The monoisotopic (exact) mass is 376 g/mol. The molecule has 0 spiro atoms. The Morgan fingerprint density at radius 2 is 2.07 bits per heavy atom. The summed E-state index contributed by atoms with van der Waals surface area (Å²) in [6.07, 6.45) is 9.10. The molecular weight excluding hydrogens is 348 g/mol. The Bertz CT molecular complexity index is 664. The Hall–Kier alpha value is -2.57. The molecule has 0 fully saturated rings. The largest absolute Gasteiger partial charge is 0.459 e. The van der Waals surface area contributed by atoms with Gasteiger partial charge in [-0.3, -0.25) is 9.59 Å². The van der Waals surface area contributed by atoms with Gasteiger partial charge in [-0.15, -0.1) is 0 Å². The highest BCUT2D eigenvalue weighted by molar-refractivity contribution is 5.94. The molecule has 1 aromatic rings. The van der Waals surface area contributed by atoms with Crippen molar-refractivity contribution in [3.63, 3.8) is 0 Å². The van der Waals surface area contributed by atoms with Crippen LogP contribution in [0.25, 0.3) is 0 Å².